The number of nitrogens with zero attached hydrogens (tertiary/aromatic N) is 3. The molecule has 0 bridgehead atoms. The van der Waals surface area contributed by atoms with Gasteiger partial charge in [0, 0.05) is 24.2 Å². The molecule has 3 rings (SSSR count). The lowest BCUT2D eigenvalue weighted by Gasteiger charge is -2.27. The second-order valence-electron chi connectivity index (χ2n) is 9.36. The SMILES string of the molecule is CSc1c(F)cc(N2C(=O)N(Cc3ccnc(NC(=O)C(C)(C)C)c3)C(C)(C)C2=O)c(F)c1F. The smallest absolute Gasteiger partial charge is 0.310 e. The van der Waals surface area contributed by atoms with E-state index in [1.54, 1.807) is 32.9 Å². The van der Waals surface area contributed by atoms with Crippen LogP contribution in [0.25, 0.3) is 0 Å². The van der Waals surface area contributed by atoms with Crippen LogP contribution in [0.1, 0.15) is 40.2 Å². The van der Waals surface area contributed by atoms with Gasteiger partial charge in [0.25, 0.3) is 5.91 Å². The van der Waals surface area contributed by atoms with E-state index in [2.05, 4.69) is 10.3 Å². The number of carbonyl (C=O) groups is 3. The van der Waals surface area contributed by atoms with E-state index >= 15 is 0 Å². The molecule has 0 aliphatic carbocycles. The van der Waals surface area contributed by atoms with Gasteiger partial charge in [-0.1, -0.05) is 20.8 Å². The minimum Gasteiger partial charge on any atom is -0.310 e. The molecule has 0 saturated carbocycles. The summed E-state index contributed by atoms with van der Waals surface area (Å²) in [7, 11) is 0. The topological polar surface area (TPSA) is 82.6 Å². The fourth-order valence-corrected chi connectivity index (χ4v) is 3.88. The zero-order valence-corrected chi connectivity index (χ0v) is 20.4. The summed E-state index contributed by atoms with van der Waals surface area (Å²) in [5.41, 5.74) is -2.35. The fourth-order valence-electron chi connectivity index (χ4n) is 3.36. The summed E-state index contributed by atoms with van der Waals surface area (Å²) >= 11 is 0.673. The Morgan fingerprint density at radius 1 is 1.15 bits per heavy atom. The van der Waals surface area contributed by atoms with Crippen molar-refractivity contribution < 1.29 is 27.6 Å². The van der Waals surface area contributed by atoms with Gasteiger partial charge in [-0.15, -0.1) is 11.8 Å². The number of halogens is 3. The normalized spacial score (nSPS) is 15.8. The highest BCUT2D eigenvalue weighted by Crippen LogP contribution is 2.38. The van der Waals surface area contributed by atoms with Crippen molar-refractivity contribution in [3.05, 3.63) is 47.4 Å². The Morgan fingerprint density at radius 3 is 2.38 bits per heavy atom. The molecule has 0 unspecified atom stereocenters. The van der Waals surface area contributed by atoms with Crippen LogP contribution in [0.4, 0.5) is 29.5 Å². The Morgan fingerprint density at radius 2 is 1.79 bits per heavy atom. The molecule has 1 N–H and O–H groups in total. The Labute approximate surface area is 199 Å². The summed E-state index contributed by atoms with van der Waals surface area (Å²) in [5, 5.41) is 2.69. The van der Waals surface area contributed by atoms with Gasteiger partial charge in [0.1, 0.15) is 17.2 Å². The summed E-state index contributed by atoms with van der Waals surface area (Å²) in [6.45, 7) is 8.05. The van der Waals surface area contributed by atoms with Crippen molar-refractivity contribution in [2.45, 2.75) is 51.6 Å². The van der Waals surface area contributed by atoms with Crippen LogP contribution in [-0.2, 0) is 16.1 Å². The third kappa shape index (κ3) is 4.48. The van der Waals surface area contributed by atoms with Gasteiger partial charge in [-0.2, -0.15) is 0 Å². The van der Waals surface area contributed by atoms with E-state index in [0.717, 1.165) is 4.90 Å². The minimum absolute atomic E-state index is 0.0928. The number of carbonyl (C=O) groups excluding carboxylic acids is 3. The van der Waals surface area contributed by atoms with Crippen molar-refractivity contribution in [2.24, 2.45) is 5.41 Å². The standard InChI is InChI=1S/C23H25F3N4O3S/c1-22(2,3)19(31)28-15-9-12(7-8-27-15)11-29-21(33)30(20(32)23(29,4)5)14-10-13(24)18(34-6)17(26)16(14)25/h7-10H,11H2,1-6H3,(H,27,28,31). The number of urea groups is 1. The summed E-state index contributed by atoms with van der Waals surface area (Å²) < 4.78 is 43.4. The molecule has 0 radical (unpaired) electrons. The first kappa shape index (κ1) is 25.5. The van der Waals surface area contributed by atoms with E-state index in [-0.39, 0.29) is 18.3 Å². The molecular formula is C23H25F3N4O3S. The molecule has 1 aliphatic heterocycles. The molecular weight excluding hydrogens is 469 g/mol. The van der Waals surface area contributed by atoms with Gasteiger partial charge < -0.3 is 10.2 Å². The molecule has 1 aromatic carbocycles. The van der Waals surface area contributed by atoms with E-state index in [9.17, 15) is 27.6 Å². The first-order valence-corrected chi connectivity index (χ1v) is 11.6. The Hall–Kier alpha value is -3.08. The quantitative estimate of drug-likeness (QED) is 0.361. The molecule has 2 aromatic rings. The molecule has 1 fully saturated rings. The molecule has 1 aromatic heterocycles. The Kier molecular flexibility index (Phi) is 6.71. The van der Waals surface area contributed by atoms with Gasteiger partial charge in [-0.25, -0.2) is 27.8 Å². The number of thioether (sulfide) groups is 1. The van der Waals surface area contributed by atoms with Crippen molar-refractivity contribution in [2.75, 3.05) is 16.5 Å². The maximum atomic E-state index is 14.7. The average molecular weight is 495 g/mol. The first-order valence-electron chi connectivity index (χ1n) is 10.3. The van der Waals surface area contributed by atoms with Crippen molar-refractivity contribution >= 4 is 41.1 Å². The summed E-state index contributed by atoms with van der Waals surface area (Å²) in [6, 6.07) is 2.86. The fraction of sp³-hybridized carbons (Fsp3) is 0.391. The van der Waals surface area contributed by atoms with E-state index in [1.807, 2.05) is 0 Å². The van der Waals surface area contributed by atoms with Crippen molar-refractivity contribution in [3.63, 3.8) is 0 Å². The highest BCUT2D eigenvalue weighted by Gasteiger charge is 2.52. The molecule has 34 heavy (non-hydrogen) atoms. The van der Waals surface area contributed by atoms with Gasteiger partial charge in [-0.05, 0) is 37.8 Å². The lowest BCUT2D eigenvalue weighted by Crippen LogP contribution is -2.43. The van der Waals surface area contributed by atoms with Crippen molar-refractivity contribution in [1.82, 2.24) is 9.88 Å². The zero-order valence-electron chi connectivity index (χ0n) is 19.6. The summed E-state index contributed by atoms with van der Waals surface area (Å²) in [5.74, 6) is -4.86. The van der Waals surface area contributed by atoms with Crippen LogP contribution in [0.5, 0.6) is 0 Å². The Bertz CT molecular complexity index is 1180. The van der Waals surface area contributed by atoms with Gasteiger partial charge in [0.2, 0.25) is 5.91 Å². The monoisotopic (exact) mass is 494 g/mol. The average Bonchev–Trinajstić information content (AvgIpc) is 2.90. The number of imide groups is 1. The maximum absolute atomic E-state index is 14.7. The van der Waals surface area contributed by atoms with Crippen LogP contribution in [0.15, 0.2) is 29.3 Å². The molecule has 11 heteroatoms. The first-order chi connectivity index (χ1) is 15.7. The van der Waals surface area contributed by atoms with Crippen LogP contribution in [0.2, 0.25) is 0 Å². The van der Waals surface area contributed by atoms with Gasteiger partial charge in [0.05, 0.1) is 10.6 Å². The van der Waals surface area contributed by atoms with E-state index in [4.69, 9.17) is 0 Å². The molecule has 1 aliphatic rings. The molecule has 2 heterocycles. The minimum atomic E-state index is -1.49. The highest BCUT2D eigenvalue weighted by atomic mass is 32.2. The third-order valence-corrected chi connectivity index (χ3v) is 6.24. The van der Waals surface area contributed by atoms with Crippen molar-refractivity contribution in [1.29, 1.82) is 0 Å². The van der Waals surface area contributed by atoms with E-state index in [0.29, 0.717) is 28.3 Å². The van der Waals surface area contributed by atoms with Gasteiger partial charge >= 0.3 is 6.03 Å². The number of hydrogen-bond acceptors (Lipinski definition) is 5. The number of pyridine rings is 1. The van der Waals surface area contributed by atoms with Crippen LogP contribution >= 0.6 is 11.8 Å². The van der Waals surface area contributed by atoms with Crippen LogP contribution in [0.3, 0.4) is 0 Å². The van der Waals surface area contributed by atoms with Crippen LogP contribution < -0.4 is 10.2 Å². The van der Waals surface area contributed by atoms with Gasteiger partial charge in [-0.3, -0.25) is 9.59 Å². The third-order valence-electron chi connectivity index (χ3n) is 5.45. The number of aromatic nitrogens is 1. The van der Waals surface area contributed by atoms with E-state index < -0.39 is 50.9 Å². The molecule has 7 nitrogen and oxygen atoms in total. The lowest BCUT2D eigenvalue weighted by atomic mass is 9.96. The molecule has 0 atom stereocenters. The van der Waals surface area contributed by atoms with Crippen molar-refractivity contribution in [3.8, 4) is 0 Å². The number of amides is 4. The highest BCUT2D eigenvalue weighted by molar-refractivity contribution is 7.98. The van der Waals surface area contributed by atoms with Crippen LogP contribution in [-0.4, -0.2) is 39.5 Å². The summed E-state index contributed by atoms with van der Waals surface area (Å²) in [4.78, 5) is 43.7. The van der Waals surface area contributed by atoms with E-state index in [1.165, 1.54) is 26.3 Å². The predicted octanol–water partition coefficient (Wildman–Crippen LogP) is 4.95. The predicted molar refractivity (Wildman–Crippen MR) is 123 cm³/mol. The zero-order chi connectivity index (χ0) is 25.6. The molecule has 0 spiro atoms. The van der Waals surface area contributed by atoms with Crippen LogP contribution in [0, 0.1) is 22.9 Å². The Balaban J connectivity index is 1.94. The summed E-state index contributed by atoms with van der Waals surface area (Å²) in [6.07, 6.45) is 2.82. The number of nitrogens with one attached hydrogen (secondary N) is 1. The molecule has 1 saturated heterocycles. The number of benzene rings is 1. The largest absolute Gasteiger partial charge is 0.332 e. The van der Waals surface area contributed by atoms with Gasteiger partial charge in [0.15, 0.2) is 11.6 Å². The second-order valence-corrected chi connectivity index (χ2v) is 10.2. The number of anilines is 2. The number of hydrogen-bond donors (Lipinski definition) is 1. The molecule has 182 valence electrons. The maximum Gasteiger partial charge on any atom is 0.332 e. The molecule has 4 amide bonds. The number of rotatable bonds is 5. The lowest BCUT2D eigenvalue weighted by molar-refractivity contribution is -0.124. The second kappa shape index (κ2) is 8.94.